The van der Waals surface area contributed by atoms with Gasteiger partial charge in [-0.3, -0.25) is 5.32 Å². The van der Waals surface area contributed by atoms with E-state index in [1.807, 2.05) is 57.2 Å². The number of fused-ring (bicyclic) bond motifs is 1. The van der Waals surface area contributed by atoms with Crippen molar-refractivity contribution in [2.45, 2.75) is 33.0 Å². The highest BCUT2D eigenvalue weighted by molar-refractivity contribution is 5.98. The van der Waals surface area contributed by atoms with Crippen molar-refractivity contribution < 1.29 is 14.6 Å². The van der Waals surface area contributed by atoms with Crippen LogP contribution in [0.4, 0.5) is 10.6 Å². The molecule has 0 bridgehead atoms. The molecule has 0 aliphatic rings. The van der Waals surface area contributed by atoms with Crippen molar-refractivity contribution in [1.82, 2.24) is 9.78 Å². The van der Waals surface area contributed by atoms with Crippen LogP contribution in [0.15, 0.2) is 48.5 Å². The molecule has 0 saturated carbocycles. The summed E-state index contributed by atoms with van der Waals surface area (Å²) >= 11 is 0. The summed E-state index contributed by atoms with van der Waals surface area (Å²) in [6.07, 6.45) is -0.544. The highest BCUT2D eigenvalue weighted by Crippen LogP contribution is 2.28. The van der Waals surface area contributed by atoms with Gasteiger partial charge in [0.05, 0.1) is 17.8 Å². The first-order valence-electron chi connectivity index (χ1n) is 8.05. The second-order valence-corrected chi connectivity index (χ2v) is 6.73. The number of ether oxygens (including phenoxy) is 1. The van der Waals surface area contributed by atoms with E-state index in [1.165, 1.54) is 0 Å². The summed E-state index contributed by atoms with van der Waals surface area (Å²) in [7, 11) is 0. The van der Waals surface area contributed by atoms with Crippen LogP contribution in [0.5, 0.6) is 0 Å². The summed E-state index contributed by atoms with van der Waals surface area (Å²) in [4.78, 5) is 12.3. The molecule has 0 atom stereocenters. The third-order valence-electron chi connectivity index (χ3n) is 3.54. The molecule has 2 N–H and O–H groups in total. The Hall–Kier alpha value is -2.86. The van der Waals surface area contributed by atoms with Crippen LogP contribution < -0.4 is 5.32 Å². The minimum absolute atomic E-state index is 0.0665. The van der Waals surface area contributed by atoms with E-state index in [4.69, 9.17) is 4.74 Å². The van der Waals surface area contributed by atoms with Crippen molar-refractivity contribution in [2.24, 2.45) is 0 Å². The van der Waals surface area contributed by atoms with Gasteiger partial charge >= 0.3 is 6.09 Å². The van der Waals surface area contributed by atoms with Gasteiger partial charge in [0.2, 0.25) is 0 Å². The Morgan fingerprint density at radius 2 is 1.92 bits per heavy atom. The normalized spacial score (nSPS) is 11.5. The van der Waals surface area contributed by atoms with E-state index in [9.17, 15) is 9.90 Å². The standard InChI is InChI=1S/C19H21N3O3/c1-19(2,3)25-18(24)20-17-15-10-9-13(12-23)11-16(15)21-22(17)14-7-5-4-6-8-14/h4-11,23H,12H2,1-3H3,(H,20,24). The minimum atomic E-state index is -0.596. The fraction of sp³-hybridized carbons (Fsp3) is 0.263. The number of amides is 1. The van der Waals surface area contributed by atoms with E-state index < -0.39 is 11.7 Å². The molecule has 6 heteroatoms. The number of nitrogens with zero attached hydrogens (tertiary/aromatic N) is 2. The molecule has 3 rings (SSSR count). The summed E-state index contributed by atoms with van der Waals surface area (Å²) < 4.78 is 7.03. The maximum Gasteiger partial charge on any atom is 0.413 e. The highest BCUT2D eigenvalue weighted by Gasteiger charge is 2.20. The number of carbonyl (C=O) groups excluding carboxylic acids is 1. The predicted molar refractivity (Wildman–Crippen MR) is 96.8 cm³/mol. The molecule has 0 aliphatic carbocycles. The number of anilines is 1. The molecule has 0 unspecified atom stereocenters. The lowest BCUT2D eigenvalue weighted by Crippen LogP contribution is -2.28. The minimum Gasteiger partial charge on any atom is -0.444 e. The summed E-state index contributed by atoms with van der Waals surface area (Å²) in [5.41, 5.74) is 1.66. The molecule has 0 saturated heterocycles. The van der Waals surface area contributed by atoms with Crippen molar-refractivity contribution in [2.75, 3.05) is 5.32 Å². The van der Waals surface area contributed by atoms with Crippen molar-refractivity contribution in [3.05, 3.63) is 54.1 Å². The Morgan fingerprint density at radius 3 is 2.56 bits per heavy atom. The van der Waals surface area contributed by atoms with E-state index in [2.05, 4.69) is 10.4 Å². The second-order valence-electron chi connectivity index (χ2n) is 6.73. The Kier molecular flexibility index (Phi) is 4.46. The van der Waals surface area contributed by atoms with Crippen LogP contribution in [-0.4, -0.2) is 26.6 Å². The molecule has 1 aromatic heterocycles. The third-order valence-corrected chi connectivity index (χ3v) is 3.54. The lowest BCUT2D eigenvalue weighted by atomic mass is 10.1. The second kappa shape index (κ2) is 6.57. The Balaban J connectivity index is 2.08. The van der Waals surface area contributed by atoms with E-state index >= 15 is 0 Å². The number of carbonyl (C=O) groups is 1. The van der Waals surface area contributed by atoms with Crippen molar-refractivity contribution in [3.8, 4) is 5.69 Å². The van der Waals surface area contributed by atoms with Gasteiger partial charge in [-0.15, -0.1) is 0 Å². The van der Waals surface area contributed by atoms with Crippen LogP contribution >= 0.6 is 0 Å². The van der Waals surface area contributed by atoms with Gasteiger partial charge in [-0.25, -0.2) is 9.48 Å². The molecule has 130 valence electrons. The molecule has 0 aliphatic heterocycles. The van der Waals surface area contributed by atoms with Gasteiger partial charge in [0, 0.05) is 5.39 Å². The topological polar surface area (TPSA) is 76.4 Å². The first-order chi connectivity index (χ1) is 11.9. The maximum atomic E-state index is 12.3. The molecule has 0 radical (unpaired) electrons. The zero-order chi connectivity index (χ0) is 18.0. The fourth-order valence-electron chi connectivity index (χ4n) is 2.51. The average Bonchev–Trinajstić information content (AvgIpc) is 2.91. The molecule has 1 heterocycles. The van der Waals surface area contributed by atoms with E-state index in [1.54, 1.807) is 16.8 Å². The summed E-state index contributed by atoms with van der Waals surface area (Å²) in [6, 6.07) is 15.0. The number of benzene rings is 2. The maximum absolute atomic E-state index is 12.3. The van der Waals surface area contributed by atoms with Gasteiger partial charge in [-0.2, -0.15) is 5.10 Å². The van der Waals surface area contributed by atoms with Gasteiger partial charge < -0.3 is 9.84 Å². The lowest BCUT2D eigenvalue weighted by molar-refractivity contribution is 0.0635. The first-order valence-corrected chi connectivity index (χ1v) is 8.05. The highest BCUT2D eigenvalue weighted by atomic mass is 16.6. The van der Waals surface area contributed by atoms with Crippen LogP contribution in [0.3, 0.4) is 0 Å². The quantitative estimate of drug-likeness (QED) is 0.759. The molecular weight excluding hydrogens is 318 g/mol. The number of nitrogens with one attached hydrogen (secondary N) is 1. The van der Waals surface area contributed by atoms with Crippen molar-refractivity contribution >= 4 is 22.8 Å². The molecular formula is C19H21N3O3. The number of para-hydroxylation sites is 1. The van der Waals surface area contributed by atoms with Gasteiger partial charge in [-0.05, 0) is 50.6 Å². The molecule has 0 fully saturated rings. The molecule has 25 heavy (non-hydrogen) atoms. The van der Waals surface area contributed by atoms with Crippen LogP contribution in [0.1, 0.15) is 26.3 Å². The van der Waals surface area contributed by atoms with Gasteiger partial charge in [-0.1, -0.05) is 24.3 Å². The SMILES string of the molecule is CC(C)(C)OC(=O)Nc1c2ccc(CO)cc2nn1-c1ccccc1. The van der Waals surface area contributed by atoms with Crippen LogP contribution in [-0.2, 0) is 11.3 Å². The fourth-order valence-corrected chi connectivity index (χ4v) is 2.51. The van der Waals surface area contributed by atoms with Gasteiger partial charge in [0.1, 0.15) is 11.4 Å². The van der Waals surface area contributed by atoms with Crippen molar-refractivity contribution in [1.29, 1.82) is 0 Å². The Morgan fingerprint density at radius 1 is 1.20 bits per heavy atom. The van der Waals surface area contributed by atoms with Gasteiger partial charge in [0.15, 0.2) is 0 Å². The zero-order valence-corrected chi connectivity index (χ0v) is 14.5. The largest absolute Gasteiger partial charge is 0.444 e. The number of rotatable bonds is 3. The number of aromatic nitrogens is 2. The summed E-state index contributed by atoms with van der Waals surface area (Å²) in [5, 5.41) is 17.5. The molecule has 0 spiro atoms. The number of aliphatic hydroxyl groups excluding tert-OH is 1. The number of hydrogen-bond donors (Lipinski definition) is 2. The average molecular weight is 339 g/mol. The summed E-state index contributed by atoms with van der Waals surface area (Å²) in [6.45, 7) is 5.37. The number of hydrogen-bond acceptors (Lipinski definition) is 4. The van der Waals surface area contributed by atoms with E-state index in [0.717, 1.165) is 16.6 Å². The number of aliphatic hydroxyl groups is 1. The zero-order valence-electron chi connectivity index (χ0n) is 14.5. The van der Waals surface area contributed by atoms with Crippen molar-refractivity contribution in [3.63, 3.8) is 0 Å². The van der Waals surface area contributed by atoms with Crippen LogP contribution in [0, 0.1) is 0 Å². The van der Waals surface area contributed by atoms with Crippen LogP contribution in [0.25, 0.3) is 16.6 Å². The first kappa shape index (κ1) is 17.0. The summed E-state index contributed by atoms with van der Waals surface area (Å²) in [5.74, 6) is 0.528. The smallest absolute Gasteiger partial charge is 0.413 e. The monoisotopic (exact) mass is 339 g/mol. The lowest BCUT2D eigenvalue weighted by Gasteiger charge is -2.20. The predicted octanol–water partition coefficient (Wildman–Crippen LogP) is 3.86. The Bertz CT molecular complexity index is 895. The van der Waals surface area contributed by atoms with Gasteiger partial charge in [0.25, 0.3) is 0 Å². The molecule has 6 nitrogen and oxygen atoms in total. The van der Waals surface area contributed by atoms with E-state index in [-0.39, 0.29) is 6.61 Å². The Labute approximate surface area is 146 Å². The van der Waals surface area contributed by atoms with E-state index in [0.29, 0.717) is 11.3 Å². The third kappa shape index (κ3) is 3.80. The molecule has 1 amide bonds. The molecule has 3 aromatic rings. The molecule has 2 aromatic carbocycles. The van der Waals surface area contributed by atoms with Crippen LogP contribution in [0.2, 0.25) is 0 Å².